The Morgan fingerprint density at radius 3 is 2.82 bits per heavy atom. The van der Waals surface area contributed by atoms with Gasteiger partial charge >= 0.3 is 5.97 Å². The first-order valence-corrected chi connectivity index (χ1v) is 5.52. The van der Waals surface area contributed by atoms with Crippen molar-refractivity contribution in [1.82, 2.24) is 15.1 Å². The van der Waals surface area contributed by atoms with Gasteiger partial charge < -0.3 is 10.1 Å². The zero-order valence-electron chi connectivity index (χ0n) is 10.3. The fourth-order valence-electron chi connectivity index (χ4n) is 1.28. The minimum absolute atomic E-state index is 0.0857. The highest BCUT2D eigenvalue weighted by atomic mass is 16.5. The minimum Gasteiger partial charge on any atom is -0.462 e. The maximum absolute atomic E-state index is 11.4. The molecule has 0 saturated heterocycles. The summed E-state index contributed by atoms with van der Waals surface area (Å²) in [6, 6.07) is 0.0857. The number of hydrogen-bond acceptors (Lipinski definition) is 4. The number of ether oxygens (including phenoxy) is 1. The van der Waals surface area contributed by atoms with Crippen molar-refractivity contribution < 1.29 is 14.3 Å². The van der Waals surface area contributed by atoms with E-state index in [1.165, 1.54) is 17.1 Å². The molecule has 0 fully saturated rings. The maximum Gasteiger partial charge on any atom is 0.341 e. The van der Waals surface area contributed by atoms with Gasteiger partial charge in [0.15, 0.2) is 0 Å². The van der Waals surface area contributed by atoms with Gasteiger partial charge in [0, 0.05) is 12.2 Å². The molecular formula is C11H17N3O3. The summed E-state index contributed by atoms with van der Waals surface area (Å²) in [7, 11) is 0. The number of aromatic nitrogens is 2. The van der Waals surface area contributed by atoms with Crippen molar-refractivity contribution in [2.45, 2.75) is 33.4 Å². The number of esters is 1. The monoisotopic (exact) mass is 239 g/mol. The molecule has 17 heavy (non-hydrogen) atoms. The average Bonchev–Trinajstić information content (AvgIpc) is 2.65. The Morgan fingerprint density at radius 2 is 2.24 bits per heavy atom. The minimum atomic E-state index is -0.428. The van der Waals surface area contributed by atoms with Crippen molar-refractivity contribution in [2.75, 3.05) is 6.61 Å². The van der Waals surface area contributed by atoms with E-state index in [1.54, 1.807) is 6.92 Å². The Labute approximate surface area is 99.9 Å². The van der Waals surface area contributed by atoms with E-state index in [1.807, 2.05) is 13.8 Å². The van der Waals surface area contributed by atoms with Gasteiger partial charge in [0.1, 0.15) is 6.54 Å². The van der Waals surface area contributed by atoms with Crippen LogP contribution in [0.15, 0.2) is 12.4 Å². The molecule has 0 spiro atoms. The normalized spacial score (nSPS) is 10.4. The van der Waals surface area contributed by atoms with E-state index < -0.39 is 5.97 Å². The molecule has 1 N–H and O–H groups in total. The second kappa shape index (κ2) is 6.03. The Morgan fingerprint density at radius 1 is 1.53 bits per heavy atom. The first-order chi connectivity index (χ1) is 8.02. The highest BCUT2D eigenvalue weighted by molar-refractivity contribution is 5.88. The third kappa shape index (κ3) is 4.26. The van der Waals surface area contributed by atoms with Crippen LogP contribution in [0.1, 0.15) is 31.1 Å². The smallest absolute Gasteiger partial charge is 0.341 e. The van der Waals surface area contributed by atoms with Gasteiger partial charge in [-0.2, -0.15) is 5.10 Å². The van der Waals surface area contributed by atoms with Crippen molar-refractivity contribution in [3.05, 3.63) is 18.0 Å². The molecule has 0 aromatic carbocycles. The summed E-state index contributed by atoms with van der Waals surface area (Å²) < 4.78 is 6.22. The Balaban J connectivity index is 2.56. The molecule has 0 aliphatic carbocycles. The van der Waals surface area contributed by atoms with Crippen LogP contribution in [0.25, 0.3) is 0 Å². The molecule has 0 unspecified atom stereocenters. The van der Waals surface area contributed by atoms with Crippen LogP contribution >= 0.6 is 0 Å². The summed E-state index contributed by atoms with van der Waals surface area (Å²) >= 11 is 0. The zero-order chi connectivity index (χ0) is 12.8. The zero-order valence-corrected chi connectivity index (χ0v) is 10.3. The molecule has 1 aromatic rings. The predicted octanol–water partition coefficient (Wildman–Crippen LogP) is 0.584. The standard InChI is InChI=1S/C11H17N3O3/c1-4-17-11(16)9-5-12-14(6-9)7-10(15)13-8(2)3/h5-6,8H,4,7H2,1-3H3,(H,13,15). The van der Waals surface area contributed by atoms with E-state index in [0.29, 0.717) is 12.2 Å². The van der Waals surface area contributed by atoms with Crippen LogP contribution in [0, 0.1) is 0 Å². The Kier molecular flexibility index (Phi) is 4.68. The van der Waals surface area contributed by atoms with Crippen LogP contribution in [0.3, 0.4) is 0 Å². The largest absolute Gasteiger partial charge is 0.462 e. The number of carbonyl (C=O) groups is 2. The summed E-state index contributed by atoms with van der Waals surface area (Å²) in [5, 5.41) is 6.66. The number of amides is 1. The summed E-state index contributed by atoms with van der Waals surface area (Å²) in [6.07, 6.45) is 2.89. The van der Waals surface area contributed by atoms with E-state index in [0.717, 1.165) is 0 Å². The summed E-state index contributed by atoms with van der Waals surface area (Å²) in [6.45, 7) is 5.91. The number of rotatable bonds is 5. The molecule has 1 rings (SSSR count). The van der Waals surface area contributed by atoms with E-state index in [4.69, 9.17) is 4.74 Å². The molecule has 0 bridgehead atoms. The molecule has 1 amide bonds. The second-order valence-electron chi connectivity index (χ2n) is 3.87. The highest BCUT2D eigenvalue weighted by Crippen LogP contribution is 2.00. The van der Waals surface area contributed by atoms with Crippen LogP contribution in [0.5, 0.6) is 0 Å². The van der Waals surface area contributed by atoms with Crippen molar-refractivity contribution >= 4 is 11.9 Å². The number of nitrogens with zero attached hydrogens (tertiary/aromatic N) is 2. The van der Waals surface area contributed by atoms with Crippen LogP contribution in [0.4, 0.5) is 0 Å². The number of carbonyl (C=O) groups excluding carboxylic acids is 2. The average molecular weight is 239 g/mol. The molecule has 1 heterocycles. The van der Waals surface area contributed by atoms with Crippen molar-refractivity contribution in [2.24, 2.45) is 0 Å². The first-order valence-electron chi connectivity index (χ1n) is 5.52. The molecule has 6 nitrogen and oxygen atoms in total. The molecule has 0 radical (unpaired) electrons. The predicted molar refractivity (Wildman–Crippen MR) is 61.5 cm³/mol. The number of hydrogen-bond donors (Lipinski definition) is 1. The van der Waals surface area contributed by atoms with Gasteiger partial charge in [-0.3, -0.25) is 9.48 Å². The molecular weight excluding hydrogens is 222 g/mol. The molecule has 0 saturated carbocycles. The van der Waals surface area contributed by atoms with Gasteiger partial charge in [0.2, 0.25) is 5.91 Å². The Bertz CT molecular complexity index is 398. The molecule has 0 aliphatic heterocycles. The van der Waals surface area contributed by atoms with Crippen molar-refractivity contribution in [1.29, 1.82) is 0 Å². The third-order valence-corrected chi connectivity index (χ3v) is 1.90. The van der Waals surface area contributed by atoms with Crippen molar-refractivity contribution in [3.8, 4) is 0 Å². The fourth-order valence-corrected chi connectivity index (χ4v) is 1.28. The van der Waals surface area contributed by atoms with Gasteiger partial charge in [-0.1, -0.05) is 0 Å². The summed E-state index contributed by atoms with van der Waals surface area (Å²) in [4.78, 5) is 22.8. The van der Waals surface area contributed by atoms with Gasteiger partial charge in [0.05, 0.1) is 18.4 Å². The van der Waals surface area contributed by atoms with Gasteiger partial charge in [-0.25, -0.2) is 4.79 Å². The SMILES string of the molecule is CCOC(=O)c1cnn(CC(=O)NC(C)C)c1. The highest BCUT2D eigenvalue weighted by Gasteiger charge is 2.11. The Hall–Kier alpha value is -1.85. The molecule has 0 atom stereocenters. The quantitative estimate of drug-likeness (QED) is 0.763. The van der Waals surface area contributed by atoms with E-state index >= 15 is 0 Å². The van der Waals surface area contributed by atoms with E-state index in [2.05, 4.69) is 10.4 Å². The van der Waals surface area contributed by atoms with E-state index in [9.17, 15) is 9.59 Å². The van der Waals surface area contributed by atoms with Gasteiger partial charge in [-0.15, -0.1) is 0 Å². The van der Waals surface area contributed by atoms with Crippen LogP contribution in [0.2, 0.25) is 0 Å². The molecule has 6 heteroatoms. The topological polar surface area (TPSA) is 73.2 Å². The maximum atomic E-state index is 11.4. The molecule has 94 valence electrons. The molecule has 0 aliphatic rings. The van der Waals surface area contributed by atoms with Crippen LogP contribution in [-0.2, 0) is 16.1 Å². The third-order valence-electron chi connectivity index (χ3n) is 1.90. The van der Waals surface area contributed by atoms with Gasteiger partial charge in [-0.05, 0) is 20.8 Å². The van der Waals surface area contributed by atoms with Crippen molar-refractivity contribution in [3.63, 3.8) is 0 Å². The van der Waals surface area contributed by atoms with Crippen LogP contribution in [-0.4, -0.2) is 34.3 Å². The number of nitrogens with one attached hydrogen (secondary N) is 1. The molecule has 1 aromatic heterocycles. The lowest BCUT2D eigenvalue weighted by Crippen LogP contribution is -2.33. The first kappa shape index (κ1) is 13.2. The lowest BCUT2D eigenvalue weighted by molar-refractivity contribution is -0.122. The van der Waals surface area contributed by atoms with Gasteiger partial charge in [0.25, 0.3) is 0 Å². The second-order valence-corrected chi connectivity index (χ2v) is 3.87. The fraction of sp³-hybridized carbons (Fsp3) is 0.545. The lowest BCUT2D eigenvalue weighted by atomic mass is 10.4. The summed E-state index contributed by atoms with van der Waals surface area (Å²) in [5.41, 5.74) is 0.351. The van der Waals surface area contributed by atoms with E-state index in [-0.39, 0.29) is 18.5 Å². The lowest BCUT2D eigenvalue weighted by Gasteiger charge is -2.07. The van der Waals surface area contributed by atoms with Crippen LogP contribution < -0.4 is 5.32 Å². The summed E-state index contributed by atoms with van der Waals surface area (Å²) in [5.74, 6) is -0.568.